The summed E-state index contributed by atoms with van der Waals surface area (Å²) in [6.07, 6.45) is 1.81. The summed E-state index contributed by atoms with van der Waals surface area (Å²) >= 11 is 9.55. The van der Waals surface area contributed by atoms with Crippen molar-refractivity contribution in [3.8, 4) is 0 Å². The van der Waals surface area contributed by atoms with Crippen molar-refractivity contribution in [1.82, 2.24) is 15.2 Å². The van der Waals surface area contributed by atoms with Crippen molar-refractivity contribution in [2.45, 2.75) is 19.5 Å². The molecule has 2 heterocycles. The Morgan fingerprint density at radius 3 is 2.62 bits per heavy atom. The highest BCUT2D eigenvalue weighted by Gasteiger charge is 2.26. The van der Waals surface area contributed by atoms with Crippen molar-refractivity contribution in [1.29, 1.82) is 0 Å². The van der Waals surface area contributed by atoms with E-state index in [1.807, 2.05) is 49.5 Å². The molecule has 1 aromatic carbocycles. The predicted molar refractivity (Wildman–Crippen MR) is 108 cm³/mol. The standard InChI is InChI=1S/C19H22BrClN4O/c1-14(19(26)23-12-15-4-2-3-5-17(15)21)24-8-10-25(11-9-24)18-7-6-16(20)13-22-18/h2-7,13-14H,8-12H2,1H3,(H,23,26). The van der Waals surface area contributed by atoms with Crippen LogP contribution in [0.2, 0.25) is 5.02 Å². The molecule has 138 valence electrons. The van der Waals surface area contributed by atoms with Crippen LogP contribution in [0, 0.1) is 0 Å². The third-order valence-electron chi connectivity index (χ3n) is 4.69. The Morgan fingerprint density at radius 1 is 1.23 bits per heavy atom. The fourth-order valence-corrected chi connectivity index (χ4v) is 3.47. The van der Waals surface area contributed by atoms with Gasteiger partial charge in [-0.3, -0.25) is 9.69 Å². The van der Waals surface area contributed by atoms with Crippen molar-refractivity contribution in [3.63, 3.8) is 0 Å². The molecule has 3 rings (SSSR count). The molecule has 1 N–H and O–H groups in total. The van der Waals surface area contributed by atoms with Crippen LogP contribution in [0.15, 0.2) is 47.1 Å². The van der Waals surface area contributed by atoms with Gasteiger partial charge in [0, 0.05) is 48.4 Å². The van der Waals surface area contributed by atoms with Crippen LogP contribution in [0.5, 0.6) is 0 Å². The number of nitrogens with zero attached hydrogens (tertiary/aromatic N) is 3. The van der Waals surface area contributed by atoms with Crippen LogP contribution in [0.25, 0.3) is 0 Å². The zero-order valence-electron chi connectivity index (χ0n) is 14.7. The Bertz CT molecular complexity index is 747. The Balaban J connectivity index is 1.49. The molecule has 1 aliphatic rings. The first-order valence-electron chi connectivity index (χ1n) is 8.66. The number of anilines is 1. The number of hydrogen-bond acceptors (Lipinski definition) is 4. The smallest absolute Gasteiger partial charge is 0.237 e. The van der Waals surface area contributed by atoms with E-state index in [4.69, 9.17) is 11.6 Å². The number of carbonyl (C=O) groups is 1. The van der Waals surface area contributed by atoms with Crippen molar-refractivity contribution in [2.24, 2.45) is 0 Å². The van der Waals surface area contributed by atoms with Gasteiger partial charge in [0.2, 0.25) is 5.91 Å². The zero-order valence-corrected chi connectivity index (χ0v) is 17.0. The molecular formula is C19H22BrClN4O. The fourth-order valence-electron chi connectivity index (χ4n) is 3.03. The van der Waals surface area contributed by atoms with E-state index in [9.17, 15) is 4.79 Å². The van der Waals surface area contributed by atoms with Gasteiger partial charge in [0.1, 0.15) is 5.82 Å². The molecule has 26 heavy (non-hydrogen) atoms. The highest BCUT2D eigenvalue weighted by atomic mass is 79.9. The van der Waals surface area contributed by atoms with Crippen molar-refractivity contribution in [3.05, 3.63) is 57.7 Å². The van der Waals surface area contributed by atoms with Crippen molar-refractivity contribution >= 4 is 39.3 Å². The topological polar surface area (TPSA) is 48.5 Å². The molecule has 0 saturated carbocycles. The molecule has 1 unspecified atom stereocenters. The van der Waals surface area contributed by atoms with E-state index >= 15 is 0 Å². The lowest BCUT2D eigenvalue weighted by molar-refractivity contribution is -0.126. The van der Waals surface area contributed by atoms with Gasteiger partial charge in [-0.15, -0.1) is 0 Å². The van der Waals surface area contributed by atoms with E-state index < -0.39 is 0 Å². The maximum absolute atomic E-state index is 12.5. The number of pyridine rings is 1. The lowest BCUT2D eigenvalue weighted by atomic mass is 10.2. The summed E-state index contributed by atoms with van der Waals surface area (Å²) < 4.78 is 0.976. The van der Waals surface area contributed by atoms with Gasteiger partial charge in [-0.25, -0.2) is 4.98 Å². The average molecular weight is 438 g/mol. The van der Waals surface area contributed by atoms with Gasteiger partial charge in [-0.1, -0.05) is 29.8 Å². The quantitative estimate of drug-likeness (QED) is 0.779. The highest BCUT2D eigenvalue weighted by molar-refractivity contribution is 9.10. The number of benzene rings is 1. The molecule has 1 aliphatic heterocycles. The first kappa shape index (κ1) is 19.1. The molecule has 0 aliphatic carbocycles. The molecule has 0 bridgehead atoms. The van der Waals surface area contributed by atoms with E-state index in [0.29, 0.717) is 11.6 Å². The maximum Gasteiger partial charge on any atom is 0.237 e. The molecule has 5 nitrogen and oxygen atoms in total. The number of rotatable bonds is 5. The number of halogens is 2. The predicted octanol–water partition coefficient (Wildman–Crippen LogP) is 3.32. The summed E-state index contributed by atoms with van der Waals surface area (Å²) in [6.45, 7) is 5.78. The third kappa shape index (κ3) is 4.75. The highest BCUT2D eigenvalue weighted by Crippen LogP contribution is 2.18. The lowest BCUT2D eigenvalue weighted by Gasteiger charge is -2.38. The summed E-state index contributed by atoms with van der Waals surface area (Å²) in [5.74, 6) is 1.00. The van der Waals surface area contributed by atoms with Crippen LogP contribution in [-0.2, 0) is 11.3 Å². The first-order valence-corrected chi connectivity index (χ1v) is 9.83. The largest absolute Gasteiger partial charge is 0.354 e. The zero-order chi connectivity index (χ0) is 18.5. The summed E-state index contributed by atoms with van der Waals surface area (Å²) in [5, 5.41) is 3.67. The molecule has 1 fully saturated rings. The Morgan fingerprint density at radius 2 is 1.96 bits per heavy atom. The van der Waals surface area contributed by atoms with Gasteiger partial charge < -0.3 is 10.2 Å². The Labute approximate surface area is 167 Å². The van der Waals surface area contributed by atoms with Gasteiger partial charge >= 0.3 is 0 Å². The number of hydrogen-bond donors (Lipinski definition) is 1. The minimum atomic E-state index is -0.169. The second-order valence-electron chi connectivity index (χ2n) is 6.34. The van der Waals surface area contributed by atoms with E-state index in [0.717, 1.165) is 42.0 Å². The first-order chi connectivity index (χ1) is 12.5. The lowest BCUT2D eigenvalue weighted by Crippen LogP contribution is -2.54. The molecule has 0 radical (unpaired) electrons. The van der Waals surface area contributed by atoms with Gasteiger partial charge in [0.05, 0.1) is 6.04 Å². The molecule has 2 aromatic rings. The number of amides is 1. The summed E-state index contributed by atoms with van der Waals surface area (Å²) in [6, 6.07) is 11.4. The molecule has 1 aromatic heterocycles. The summed E-state index contributed by atoms with van der Waals surface area (Å²) in [4.78, 5) is 21.4. The third-order valence-corrected chi connectivity index (χ3v) is 5.53. The second-order valence-corrected chi connectivity index (χ2v) is 7.67. The SMILES string of the molecule is CC(C(=O)NCc1ccccc1Cl)N1CCN(c2ccc(Br)cn2)CC1. The van der Waals surface area contributed by atoms with Crippen molar-refractivity contribution < 1.29 is 4.79 Å². The van der Waals surface area contributed by atoms with Crippen LogP contribution >= 0.6 is 27.5 Å². The minimum Gasteiger partial charge on any atom is -0.354 e. The van der Waals surface area contributed by atoms with Crippen LogP contribution < -0.4 is 10.2 Å². The average Bonchev–Trinajstić information content (AvgIpc) is 2.67. The minimum absolute atomic E-state index is 0.0279. The van der Waals surface area contributed by atoms with Gasteiger partial charge in [0.25, 0.3) is 0 Å². The summed E-state index contributed by atoms with van der Waals surface area (Å²) in [5.41, 5.74) is 0.931. The van der Waals surface area contributed by atoms with E-state index in [1.165, 1.54) is 0 Å². The van der Waals surface area contributed by atoms with Crippen LogP contribution in [-0.4, -0.2) is 48.0 Å². The summed E-state index contributed by atoms with van der Waals surface area (Å²) in [7, 11) is 0. The van der Waals surface area contributed by atoms with Crippen LogP contribution in [0.4, 0.5) is 5.82 Å². The number of carbonyl (C=O) groups excluding carboxylic acids is 1. The van der Waals surface area contributed by atoms with Gasteiger partial charge in [0.15, 0.2) is 0 Å². The normalized spacial score (nSPS) is 16.3. The van der Waals surface area contributed by atoms with Gasteiger partial charge in [-0.2, -0.15) is 0 Å². The second kappa shape index (κ2) is 8.84. The molecule has 1 saturated heterocycles. The number of aromatic nitrogens is 1. The van der Waals surface area contributed by atoms with E-state index in [1.54, 1.807) is 0 Å². The molecule has 1 amide bonds. The fraction of sp³-hybridized carbons (Fsp3) is 0.368. The van der Waals surface area contributed by atoms with Crippen LogP contribution in [0.1, 0.15) is 12.5 Å². The monoisotopic (exact) mass is 436 g/mol. The van der Waals surface area contributed by atoms with E-state index in [2.05, 4.69) is 36.0 Å². The van der Waals surface area contributed by atoms with Crippen LogP contribution in [0.3, 0.4) is 0 Å². The number of nitrogens with one attached hydrogen (secondary N) is 1. The Hall–Kier alpha value is -1.63. The number of piperazine rings is 1. The maximum atomic E-state index is 12.5. The van der Waals surface area contributed by atoms with Crippen molar-refractivity contribution in [2.75, 3.05) is 31.1 Å². The molecular weight excluding hydrogens is 416 g/mol. The van der Waals surface area contributed by atoms with E-state index in [-0.39, 0.29) is 11.9 Å². The molecule has 0 spiro atoms. The van der Waals surface area contributed by atoms with Gasteiger partial charge in [-0.05, 0) is 46.6 Å². The molecule has 1 atom stereocenters. The molecule has 7 heteroatoms. The Kier molecular flexibility index (Phi) is 6.51.